The minimum Gasteiger partial charge on any atom is -0.373 e. The van der Waals surface area contributed by atoms with E-state index in [1.54, 1.807) is 0 Å². The van der Waals surface area contributed by atoms with Gasteiger partial charge in [-0.25, -0.2) is 0 Å². The second-order valence-electron chi connectivity index (χ2n) is 3.45. The average Bonchev–Trinajstić information content (AvgIpc) is 2.29. The van der Waals surface area contributed by atoms with Gasteiger partial charge in [0.05, 0.1) is 12.7 Å². The van der Waals surface area contributed by atoms with E-state index >= 15 is 0 Å². The van der Waals surface area contributed by atoms with Crippen LogP contribution in [-0.4, -0.2) is 28.1 Å². The molecule has 3 nitrogen and oxygen atoms in total. The molecule has 2 saturated heterocycles. The average molecular weight is 174 g/mol. The smallest absolute Gasteiger partial charge is 0.373 e. The minimum atomic E-state index is -2.16. The maximum atomic E-state index is 5.74. The van der Waals surface area contributed by atoms with Gasteiger partial charge in [-0.15, -0.1) is 0 Å². The Morgan fingerprint density at radius 3 is 2.82 bits per heavy atom. The van der Waals surface area contributed by atoms with Crippen LogP contribution in [0.2, 0.25) is 5.54 Å². The number of hydrogen-bond acceptors (Lipinski definition) is 3. The van der Waals surface area contributed by atoms with Crippen LogP contribution in [0.15, 0.2) is 0 Å². The predicted molar refractivity (Wildman–Crippen MR) is 42.2 cm³/mol. The highest BCUT2D eigenvalue weighted by atomic mass is 28.4. The largest absolute Gasteiger partial charge is 0.504 e. The number of fused-ring (bicyclic) bond motifs is 2. The molecular formula is C7H14O3Si. The van der Waals surface area contributed by atoms with Gasteiger partial charge in [-0.2, -0.15) is 0 Å². The van der Waals surface area contributed by atoms with Crippen molar-refractivity contribution in [3.63, 3.8) is 0 Å². The lowest BCUT2D eigenvalue weighted by Gasteiger charge is -2.30. The molecule has 2 aliphatic heterocycles. The van der Waals surface area contributed by atoms with Crippen LogP contribution in [0.3, 0.4) is 0 Å². The van der Waals surface area contributed by atoms with Gasteiger partial charge in [0.25, 0.3) is 0 Å². The molecule has 2 bridgehead atoms. The van der Waals surface area contributed by atoms with Gasteiger partial charge in [0.1, 0.15) is 0 Å². The van der Waals surface area contributed by atoms with Crippen LogP contribution in [0.4, 0.5) is 0 Å². The van der Waals surface area contributed by atoms with E-state index < -0.39 is 8.80 Å². The highest BCUT2D eigenvalue weighted by Gasteiger charge is 2.54. The van der Waals surface area contributed by atoms with Gasteiger partial charge in [-0.05, 0) is 6.42 Å². The summed E-state index contributed by atoms with van der Waals surface area (Å²) in [7, 11) is -2.16. The van der Waals surface area contributed by atoms with Gasteiger partial charge in [0, 0.05) is 12.1 Å². The fourth-order valence-electron chi connectivity index (χ4n) is 1.53. The first-order valence-electron chi connectivity index (χ1n) is 4.19. The van der Waals surface area contributed by atoms with Crippen LogP contribution in [0.1, 0.15) is 20.3 Å². The molecule has 2 rings (SSSR count). The monoisotopic (exact) mass is 174 g/mol. The molecule has 0 aliphatic carbocycles. The van der Waals surface area contributed by atoms with Crippen LogP contribution in [0.25, 0.3) is 0 Å². The SMILES string of the molecule is CC(C)[Si]12OCCC(CO1)O2. The normalized spacial score (nSPS) is 43.4. The summed E-state index contributed by atoms with van der Waals surface area (Å²) in [6, 6.07) is 0. The Morgan fingerprint density at radius 1 is 1.36 bits per heavy atom. The molecule has 0 amide bonds. The van der Waals surface area contributed by atoms with Crippen LogP contribution in [0, 0.1) is 0 Å². The highest BCUT2D eigenvalue weighted by Crippen LogP contribution is 2.35. The molecular weight excluding hydrogens is 160 g/mol. The van der Waals surface area contributed by atoms with Crippen molar-refractivity contribution in [3.8, 4) is 0 Å². The quantitative estimate of drug-likeness (QED) is 0.558. The van der Waals surface area contributed by atoms with Crippen molar-refractivity contribution in [2.75, 3.05) is 13.2 Å². The van der Waals surface area contributed by atoms with Gasteiger partial charge in [0.2, 0.25) is 0 Å². The van der Waals surface area contributed by atoms with Crippen molar-refractivity contribution in [1.29, 1.82) is 0 Å². The second-order valence-corrected chi connectivity index (χ2v) is 6.62. The van der Waals surface area contributed by atoms with E-state index in [0.717, 1.165) is 19.6 Å². The van der Waals surface area contributed by atoms with E-state index in [2.05, 4.69) is 13.8 Å². The third-order valence-corrected chi connectivity index (χ3v) is 5.50. The van der Waals surface area contributed by atoms with Crippen molar-refractivity contribution >= 4 is 8.80 Å². The Labute approximate surface area is 68.0 Å². The third kappa shape index (κ3) is 1.14. The summed E-state index contributed by atoms with van der Waals surface area (Å²) < 4.78 is 17.0. The summed E-state index contributed by atoms with van der Waals surface area (Å²) >= 11 is 0. The fourth-order valence-corrected chi connectivity index (χ4v) is 4.16. The molecule has 4 heteroatoms. The van der Waals surface area contributed by atoms with Crippen LogP contribution < -0.4 is 0 Å². The molecule has 64 valence electrons. The molecule has 2 aliphatic rings. The molecule has 0 saturated carbocycles. The standard InChI is InChI=1S/C7H14O3Si/c1-6(2)11-8-4-3-7(10-11)5-9-11/h6-7H,3-5H2,1-2H3. The highest BCUT2D eigenvalue weighted by molar-refractivity contribution is 6.62. The summed E-state index contributed by atoms with van der Waals surface area (Å²) in [5.74, 6) is 0. The number of hydrogen-bond donors (Lipinski definition) is 0. The maximum absolute atomic E-state index is 5.74. The van der Waals surface area contributed by atoms with Crippen LogP contribution >= 0.6 is 0 Å². The van der Waals surface area contributed by atoms with E-state index in [4.69, 9.17) is 13.3 Å². The van der Waals surface area contributed by atoms with Crippen molar-refractivity contribution < 1.29 is 13.3 Å². The molecule has 2 unspecified atom stereocenters. The summed E-state index contributed by atoms with van der Waals surface area (Å²) in [6.07, 6.45) is 1.33. The lowest BCUT2D eigenvalue weighted by atomic mass is 10.3. The fraction of sp³-hybridized carbons (Fsp3) is 1.00. The first-order valence-corrected chi connectivity index (χ1v) is 5.99. The molecule has 0 aromatic carbocycles. The Balaban J connectivity index is 2.13. The van der Waals surface area contributed by atoms with Gasteiger partial charge < -0.3 is 13.3 Å². The predicted octanol–water partition coefficient (Wildman–Crippen LogP) is 1.17. The maximum Gasteiger partial charge on any atom is 0.504 e. The zero-order valence-corrected chi connectivity index (χ0v) is 8.00. The first kappa shape index (κ1) is 7.73. The summed E-state index contributed by atoms with van der Waals surface area (Å²) in [6.45, 7) is 5.80. The molecule has 0 aromatic heterocycles. The second kappa shape index (κ2) is 2.55. The molecule has 0 spiro atoms. The van der Waals surface area contributed by atoms with E-state index in [0.29, 0.717) is 11.6 Å². The van der Waals surface area contributed by atoms with Gasteiger partial charge >= 0.3 is 8.80 Å². The van der Waals surface area contributed by atoms with Crippen molar-refractivity contribution in [2.24, 2.45) is 0 Å². The van der Waals surface area contributed by atoms with E-state index in [1.165, 1.54) is 0 Å². The molecule has 0 N–H and O–H groups in total. The first-order chi connectivity index (χ1) is 5.23. The van der Waals surface area contributed by atoms with Crippen LogP contribution in [0.5, 0.6) is 0 Å². The Morgan fingerprint density at radius 2 is 2.18 bits per heavy atom. The lowest BCUT2D eigenvalue weighted by molar-refractivity contribution is 0.0647. The van der Waals surface area contributed by atoms with Gasteiger partial charge in [-0.3, -0.25) is 0 Å². The Kier molecular flexibility index (Phi) is 1.79. The Bertz CT molecular complexity index is 158. The third-order valence-electron chi connectivity index (χ3n) is 2.25. The molecule has 0 aromatic rings. The van der Waals surface area contributed by atoms with Crippen molar-refractivity contribution in [1.82, 2.24) is 0 Å². The minimum absolute atomic E-state index is 0.331. The Hall–Kier alpha value is 0.0969. The lowest BCUT2D eigenvalue weighted by Crippen LogP contribution is -2.47. The van der Waals surface area contributed by atoms with Crippen molar-refractivity contribution in [3.05, 3.63) is 0 Å². The topological polar surface area (TPSA) is 27.7 Å². The van der Waals surface area contributed by atoms with E-state index in [-0.39, 0.29) is 0 Å². The number of rotatable bonds is 1. The van der Waals surface area contributed by atoms with Gasteiger partial charge in [-0.1, -0.05) is 13.8 Å². The molecule has 2 atom stereocenters. The molecule has 0 radical (unpaired) electrons. The van der Waals surface area contributed by atoms with Crippen LogP contribution in [-0.2, 0) is 13.3 Å². The van der Waals surface area contributed by atoms with E-state index in [1.807, 2.05) is 0 Å². The molecule has 11 heavy (non-hydrogen) atoms. The van der Waals surface area contributed by atoms with Crippen molar-refractivity contribution in [2.45, 2.75) is 31.9 Å². The summed E-state index contributed by atoms with van der Waals surface area (Å²) in [5.41, 5.74) is 0.410. The summed E-state index contributed by atoms with van der Waals surface area (Å²) in [4.78, 5) is 0. The summed E-state index contributed by atoms with van der Waals surface area (Å²) in [5, 5.41) is 0. The molecule has 2 heterocycles. The van der Waals surface area contributed by atoms with E-state index in [9.17, 15) is 0 Å². The molecule has 2 fully saturated rings. The zero-order valence-electron chi connectivity index (χ0n) is 7.00. The van der Waals surface area contributed by atoms with Gasteiger partial charge in [0.15, 0.2) is 0 Å². The zero-order chi connectivity index (χ0) is 7.90.